The van der Waals surface area contributed by atoms with E-state index in [1.807, 2.05) is 97.1 Å². The molecule has 0 amide bonds. The maximum Gasteiger partial charge on any atom is 0.0975 e. The van der Waals surface area contributed by atoms with E-state index in [9.17, 15) is 10.2 Å². The minimum Gasteiger partial charge on any atom is -0.386 e. The molecule has 0 bridgehead atoms. The van der Waals surface area contributed by atoms with Gasteiger partial charge < -0.3 is 10.2 Å². The average molecular weight is 456 g/mol. The van der Waals surface area contributed by atoms with Crippen molar-refractivity contribution >= 4 is 40.7 Å². The first kappa shape index (κ1) is 22.9. The van der Waals surface area contributed by atoms with Gasteiger partial charge in [0.15, 0.2) is 0 Å². The Balaban J connectivity index is 1.53. The van der Waals surface area contributed by atoms with Gasteiger partial charge in [0.05, 0.1) is 22.9 Å². The van der Waals surface area contributed by atoms with Gasteiger partial charge in [-0.15, -0.1) is 0 Å². The minimum absolute atomic E-state index is 0.663. The van der Waals surface area contributed by atoms with E-state index in [1.54, 1.807) is 19.9 Å². The molecule has 4 heteroatoms. The van der Waals surface area contributed by atoms with Crippen molar-refractivity contribution in [2.24, 2.45) is 0 Å². The van der Waals surface area contributed by atoms with Crippen molar-refractivity contribution in [3.05, 3.63) is 118 Å². The molecule has 4 aromatic rings. The van der Waals surface area contributed by atoms with Gasteiger partial charge in [0.25, 0.3) is 0 Å². The summed E-state index contributed by atoms with van der Waals surface area (Å²) in [6.07, 6.45) is 6.74. The number of aliphatic hydroxyl groups excluding tert-OH is 1. The van der Waals surface area contributed by atoms with Gasteiger partial charge in [-0.05, 0) is 66.4 Å². The van der Waals surface area contributed by atoms with Crippen molar-refractivity contribution in [1.29, 1.82) is 0 Å². The van der Waals surface area contributed by atoms with E-state index in [0.29, 0.717) is 5.02 Å². The summed E-state index contributed by atoms with van der Waals surface area (Å²) in [6, 6.07) is 25.0. The summed E-state index contributed by atoms with van der Waals surface area (Å²) in [5.74, 6) is 0. The van der Waals surface area contributed by atoms with Crippen LogP contribution >= 0.6 is 11.6 Å². The summed E-state index contributed by atoms with van der Waals surface area (Å²) in [5.41, 5.74) is 4.16. The van der Waals surface area contributed by atoms with Crippen LogP contribution in [0.15, 0.2) is 84.9 Å². The summed E-state index contributed by atoms with van der Waals surface area (Å²) < 4.78 is 0. The highest BCUT2D eigenvalue weighted by Gasteiger charge is 2.18. The fraction of sp³-hybridized carbons (Fsp3) is 0.138. The SMILES string of the molecule is CC(C)(O)c1ccccc1C=CC(O)c1cccc(C=Cc2ccc3ccc(Cl)cc3n2)c1. The van der Waals surface area contributed by atoms with E-state index in [-0.39, 0.29) is 0 Å². The molecule has 0 saturated heterocycles. The van der Waals surface area contributed by atoms with Gasteiger partial charge in [-0.1, -0.05) is 84.4 Å². The zero-order valence-electron chi connectivity index (χ0n) is 18.6. The molecule has 1 unspecified atom stereocenters. The van der Waals surface area contributed by atoms with Gasteiger partial charge in [-0.25, -0.2) is 4.98 Å². The second kappa shape index (κ2) is 9.72. The van der Waals surface area contributed by atoms with Gasteiger partial charge in [0, 0.05) is 10.4 Å². The van der Waals surface area contributed by atoms with Crippen molar-refractivity contribution in [1.82, 2.24) is 4.98 Å². The maximum atomic E-state index is 10.7. The molecule has 166 valence electrons. The number of hydrogen-bond donors (Lipinski definition) is 2. The molecule has 1 atom stereocenters. The first-order valence-electron chi connectivity index (χ1n) is 10.8. The third-order valence-corrected chi connectivity index (χ3v) is 5.69. The topological polar surface area (TPSA) is 53.4 Å². The van der Waals surface area contributed by atoms with Crippen LogP contribution in [0.4, 0.5) is 0 Å². The molecule has 3 nitrogen and oxygen atoms in total. The maximum absolute atomic E-state index is 10.7. The third kappa shape index (κ3) is 5.77. The molecular weight excluding hydrogens is 430 g/mol. The van der Waals surface area contributed by atoms with Crippen molar-refractivity contribution in [2.45, 2.75) is 25.6 Å². The fourth-order valence-corrected chi connectivity index (χ4v) is 3.90. The third-order valence-electron chi connectivity index (χ3n) is 5.45. The molecule has 1 heterocycles. The number of benzene rings is 3. The van der Waals surface area contributed by atoms with Crippen molar-refractivity contribution in [3.8, 4) is 0 Å². The predicted octanol–water partition coefficient (Wildman–Crippen LogP) is 7.03. The Bertz CT molecular complexity index is 1340. The van der Waals surface area contributed by atoms with Crippen molar-refractivity contribution in [2.75, 3.05) is 0 Å². The molecule has 3 aromatic carbocycles. The molecule has 4 rings (SSSR count). The van der Waals surface area contributed by atoms with E-state index in [2.05, 4.69) is 4.98 Å². The lowest BCUT2D eigenvalue weighted by atomic mass is 9.92. The molecule has 33 heavy (non-hydrogen) atoms. The van der Waals surface area contributed by atoms with Crippen LogP contribution in [0.2, 0.25) is 5.02 Å². The van der Waals surface area contributed by atoms with Crippen LogP contribution in [0.25, 0.3) is 29.1 Å². The highest BCUT2D eigenvalue weighted by molar-refractivity contribution is 6.31. The monoisotopic (exact) mass is 455 g/mol. The van der Waals surface area contributed by atoms with Crippen LogP contribution in [0.1, 0.15) is 47.9 Å². The average Bonchev–Trinajstić information content (AvgIpc) is 2.80. The van der Waals surface area contributed by atoms with E-state index < -0.39 is 11.7 Å². The van der Waals surface area contributed by atoms with Crippen molar-refractivity contribution in [3.63, 3.8) is 0 Å². The van der Waals surface area contributed by atoms with Crippen LogP contribution < -0.4 is 0 Å². The van der Waals surface area contributed by atoms with Gasteiger partial charge in [0.2, 0.25) is 0 Å². The minimum atomic E-state index is -0.960. The van der Waals surface area contributed by atoms with Gasteiger partial charge in [0.1, 0.15) is 0 Å². The number of rotatable bonds is 6. The van der Waals surface area contributed by atoms with Gasteiger partial charge in [-0.2, -0.15) is 0 Å². The summed E-state index contributed by atoms with van der Waals surface area (Å²) >= 11 is 6.09. The van der Waals surface area contributed by atoms with Gasteiger partial charge in [-0.3, -0.25) is 0 Å². The lowest BCUT2D eigenvalue weighted by Crippen LogP contribution is -2.16. The summed E-state index contributed by atoms with van der Waals surface area (Å²) in [4.78, 5) is 4.65. The second-order valence-electron chi connectivity index (χ2n) is 8.53. The first-order valence-corrected chi connectivity index (χ1v) is 11.2. The molecule has 0 radical (unpaired) electrons. The molecular formula is C29H26ClNO2. The molecule has 0 saturated carbocycles. The van der Waals surface area contributed by atoms with E-state index in [0.717, 1.165) is 38.9 Å². The quantitative estimate of drug-likeness (QED) is 0.328. The highest BCUT2D eigenvalue weighted by atomic mass is 35.5. The molecule has 1 aromatic heterocycles. The number of halogens is 1. The molecule has 0 aliphatic rings. The van der Waals surface area contributed by atoms with Gasteiger partial charge >= 0.3 is 0 Å². The molecule has 2 N–H and O–H groups in total. The number of hydrogen-bond acceptors (Lipinski definition) is 3. The zero-order chi connectivity index (χ0) is 23.4. The Labute approximate surface area is 199 Å². The lowest BCUT2D eigenvalue weighted by molar-refractivity contribution is 0.0784. The van der Waals surface area contributed by atoms with Crippen LogP contribution in [0, 0.1) is 0 Å². The van der Waals surface area contributed by atoms with Crippen molar-refractivity contribution < 1.29 is 10.2 Å². The lowest BCUT2D eigenvalue weighted by Gasteiger charge is -2.20. The Kier molecular flexibility index (Phi) is 6.75. The van der Waals surface area contributed by atoms with E-state index >= 15 is 0 Å². The smallest absolute Gasteiger partial charge is 0.0975 e. The predicted molar refractivity (Wildman–Crippen MR) is 138 cm³/mol. The van der Waals surface area contributed by atoms with Crippen LogP contribution in [0.5, 0.6) is 0 Å². The summed E-state index contributed by atoms with van der Waals surface area (Å²) in [7, 11) is 0. The summed E-state index contributed by atoms with van der Waals surface area (Å²) in [6.45, 7) is 3.51. The van der Waals surface area contributed by atoms with E-state index in [4.69, 9.17) is 11.6 Å². The normalized spacial score (nSPS) is 13.2. The molecule has 0 fully saturated rings. The number of fused-ring (bicyclic) bond motifs is 1. The Morgan fingerprint density at radius 3 is 2.48 bits per heavy atom. The Hall–Kier alpha value is -3.24. The fourth-order valence-electron chi connectivity index (χ4n) is 3.73. The van der Waals surface area contributed by atoms with Crippen LogP contribution in [-0.4, -0.2) is 15.2 Å². The Morgan fingerprint density at radius 1 is 0.879 bits per heavy atom. The molecule has 0 spiro atoms. The van der Waals surface area contributed by atoms with Crippen LogP contribution in [-0.2, 0) is 5.60 Å². The summed E-state index contributed by atoms with van der Waals surface area (Å²) in [5, 5.41) is 22.8. The standard InChI is InChI=1S/C29H26ClNO2/c1-29(2,33)26-9-4-3-7-21(26)13-17-28(32)23-8-5-6-20(18-23)10-15-25-16-12-22-11-14-24(30)19-27(22)31-25/h3-19,28,32-33H,1-2H3. The number of aromatic nitrogens is 1. The zero-order valence-corrected chi connectivity index (χ0v) is 19.4. The first-order chi connectivity index (χ1) is 15.8. The Morgan fingerprint density at radius 2 is 1.67 bits per heavy atom. The number of aliphatic hydroxyl groups is 2. The van der Waals surface area contributed by atoms with E-state index in [1.165, 1.54) is 0 Å². The van der Waals surface area contributed by atoms with Crippen LogP contribution in [0.3, 0.4) is 0 Å². The second-order valence-corrected chi connectivity index (χ2v) is 8.96. The number of pyridine rings is 1. The number of nitrogens with zero attached hydrogens (tertiary/aromatic N) is 1. The highest BCUT2D eigenvalue weighted by Crippen LogP contribution is 2.26. The molecule has 0 aliphatic carbocycles. The molecule has 0 aliphatic heterocycles. The largest absolute Gasteiger partial charge is 0.386 e.